The summed E-state index contributed by atoms with van der Waals surface area (Å²) in [5.41, 5.74) is 1.45. The highest BCUT2D eigenvalue weighted by Crippen LogP contribution is 2.32. The third-order valence-electron chi connectivity index (χ3n) is 5.17. The lowest BCUT2D eigenvalue weighted by atomic mass is 9.87. The van der Waals surface area contributed by atoms with Gasteiger partial charge in [0, 0.05) is 18.9 Å². The summed E-state index contributed by atoms with van der Waals surface area (Å²) >= 11 is 0. The molecule has 0 bridgehead atoms. The Bertz CT molecular complexity index is 651. The number of carbonyl (C=O) groups excluding carboxylic acids is 1. The Balaban J connectivity index is 1.85. The predicted octanol–water partition coefficient (Wildman–Crippen LogP) is 3.97. The van der Waals surface area contributed by atoms with Gasteiger partial charge in [-0.1, -0.05) is 60.7 Å². The second kappa shape index (κ2) is 7.40. The van der Waals surface area contributed by atoms with E-state index in [-0.39, 0.29) is 17.9 Å². The molecule has 25 heavy (non-hydrogen) atoms. The number of benzene rings is 2. The lowest BCUT2D eigenvalue weighted by Gasteiger charge is -2.34. The number of aliphatic hydroxyl groups is 1. The van der Waals surface area contributed by atoms with Gasteiger partial charge in [0.25, 0.3) is 0 Å². The number of likely N-dealkylation sites (tertiary alicyclic amines) is 1. The summed E-state index contributed by atoms with van der Waals surface area (Å²) in [7, 11) is 0. The van der Waals surface area contributed by atoms with Crippen LogP contribution in [0.1, 0.15) is 50.2 Å². The van der Waals surface area contributed by atoms with Crippen LogP contribution in [0.4, 0.5) is 0 Å². The summed E-state index contributed by atoms with van der Waals surface area (Å²) in [5, 5.41) is 10.4. The molecule has 3 heteroatoms. The first-order valence-corrected chi connectivity index (χ1v) is 9.08. The van der Waals surface area contributed by atoms with Crippen LogP contribution in [0, 0.1) is 0 Å². The van der Waals surface area contributed by atoms with E-state index in [1.807, 2.05) is 41.3 Å². The molecule has 132 valence electrons. The maximum absolute atomic E-state index is 13.1. The molecule has 1 heterocycles. The monoisotopic (exact) mass is 337 g/mol. The predicted molar refractivity (Wildman–Crippen MR) is 100 cm³/mol. The van der Waals surface area contributed by atoms with Gasteiger partial charge in [0.15, 0.2) is 0 Å². The maximum atomic E-state index is 13.1. The molecule has 1 unspecified atom stereocenters. The molecule has 0 aliphatic carbocycles. The molecule has 1 fully saturated rings. The standard InChI is InChI=1S/C22H27NO2/c1-22(2,25)20-14-9-15-23(20)21(24)16-19(17-10-5-3-6-11-17)18-12-7-4-8-13-18/h3-8,10-13,19-20,25H,9,14-16H2,1-2H3. The first-order chi connectivity index (χ1) is 12.0. The normalized spacial score (nSPS) is 17.9. The van der Waals surface area contributed by atoms with E-state index in [1.165, 1.54) is 0 Å². The number of hydrogen-bond acceptors (Lipinski definition) is 2. The minimum atomic E-state index is -0.860. The smallest absolute Gasteiger partial charge is 0.223 e. The van der Waals surface area contributed by atoms with Crippen molar-refractivity contribution in [3.8, 4) is 0 Å². The van der Waals surface area contributed by atoms with Crippen molar-refractivity contribution in [3.63, 3.8) is 0 Å². The molecule has 0 radical (unpaired) electrons. The summed E-state index contributed by atoms with van der Waals surface area (Å²) in [6.45, 7) is 4.34. The van der Waals surface area contributed by atoms with E-state index in [1.54, 1.807) is 13.8 Å². The molecule has 3 nitrogen and oxygen atoms in total. The first kappa shape index (κ1) is 17.7. The third kappa shape index (κ3) is 4.10. The minimum Gasteiger partial charge on any atom is -0.388 e. The van der Waals surface area contributed by atoms with Crippen LogP contribution in [0.25, 0.3) is 0 Å². The van der Waals surface area contributed by atoms with Gasteiger partial charge in [-0.3, -0.25) is 4.79 Å². The minimum absolute atomic E-state index is 0.0398. The quantitative estimate of drug-likeness (QED) is 0.897. The Morgan fingerprint density at radius 2 is 1.60 bits per heavy atom. The number of nitrogens with zero attached hydrogens (tertiary/aromatic N) is 1. The van der Waals surface area contributed by atoms with E-state index >= 15 is 0 Å². The van der Waals surface area contributed by atoms with Crippen LogP contribution in [0.3, 0.4) is 0 Å². The molecular formula is C22H27NO2. The fraction of sp³-hybridized carbons (Fsp3) is 0.409. The first-order valence-electron chi connectivity index (χ1n) is 9.08. The van der Waals surface area contributed by atoms with Crippen LogP contribution in [-0.4, -0.2) is 34.1 Å². The molecule has 2 aromatic carbocycles. The van der Waals surface area contributed by atoms with Crippen LogP contribution in [-0.2, 0) is 4.79 Å². The van der Waals surface area contributed by atoms with Crippen LogP contribution in [0.5, 0.6) is 0 Å². The van der Waals surface area contributed by atoms with Gasteiger partial charge in [-0.15, -0.1) is 0 Å². The number of amides is 1. The third-order valence-corrected chi connectivity index (χ3v) is 5.17. The molecule has 1 N–H and O–H groups in total. The molecule has 3 rings (SSSR count). The molecule has 1 aliphatic heterocycles. The molecule has 1 aliphatic rings. The van der Waals surface area contributed by atoms with Crippen LogP contribution in [0.2, 0.25) is 0 Å². The van der Waals surface area contributed by atoms with Crippen molar-refractivity contribution in [2.24, 2.45) is 0 Å². The van der Waals surface area contributed by atoms with Crippen molar-refractivity contribution in [2.45, 2.75) is 50.7 Å². The lowest BCUT2D eigenvalue weighted by Crippen LogP contribution is -2.48. The van der Waals surface area contributed by atoms with Crippen LogP contribution < -0.4 is 0 Å². The Hall–Kier alpha value is -2.13. The molecule has 0 spiro atoms. The highest BCUT2D eigenvalue weighted by molar-refractivity contribution is 5.78. The highest BCUT2D eigenvalue weighted by Gasteiger charge is 2.38. The van der Waals surface area contributed by atoms with Gasteiger partial charge in [0.2, 0.25) is 5.91 Å². The number of carbonyl (C=O) groups is 1. The summed E-state index contributed by atoms with van der Waals surface area (Å²) in [6.07, 6.45) is 2.26. The van der Waals surface area contributed by atoms with Gasteiger partial charge in [0.05, 0.1) is 11.6 Å². The molecule has 0 saturated carbocycles. The van der Waals surface area contributed by atoms with Crippen molar-refractivity contribution in [3.05, 3.63) is 71.8 Å². The highest BCUT2D eigenvalue weighted by atomic mass is 16.3. The molecule has 0 aromatic heterocycles. The van der Waals surface area contributed by atoms with Gasteiger partial charge in [0.1, 0.15) is 0 Å². The van der Waals surface area contributed by atoms with Gasteiger partial charge in [-0.05, 0) is 37.8 Å². The van der Waals surface area contributed by atoms with Crippen molar-refractivity contribution in [2.75, 3.05) is 6.54 Å². The summed E-state index contributed by atoms with van der Waals surface area (Å²) < 4.78 is 0. The largest absolute Gasteiger partial charge is 0.388 e. The van der Waals surface area contributed by atoms with E-state index in [4.69, 9.17) is 0 Å². The zero-order valence-electron chi connectivity index (χ0n) is 15.1. The Morgan fingerprint density at radius 1 is 1.08 bits per heavy atom. The molecule has 1 amide bonds. The Labute approximate surface area is 150 Å². The van der Waals surface area contributed by atoms with E-state index < -0.39 is 5.60 Å². The fourth-order valence-corrected chi connectivity index (χ4v) is 3.89. The molecular weight excluding hydrogens is 310 g/mol. The summed E-state index contributed by atoms with van der Waals surface area (Å²) in [5.74, 6) is 0.167. The summed E-state index contributed by atoms with van der Waals surface area (Å²) in [4.78, 5) is 15.0. The van der Waals surface area contributed by atoms with Crippen LogP contribution in [0.15, 0.2) is 60.7 Å². The van der Waals surface area contributed by atoms with Gasteiger partial charge >= 0.3 is 0 Å². The fourth-order valence-electron chi connectivity index (χ4n) is 3.89. The average Bonchev–Trinajstić information content (AvgIpc) is 3.11. The van der Waals surface area contributed by atoms with E-state index in [0.717, 1.165) is 30.5 Å². The lowest BCUT2D eigenvalue weighted by molar-refractivity contribution is -0.136. The maximum Gasteiger partial charge on any atom is 0.223 e. The van der Waals surface area contributed by atoms with Crippen molar-refractivity contribution >= 4 is 5.91 Å². The van der Waals surface area contributed by atoms with Gasteiger partial charge < -0.3 is 10.0 Å². The summed E-state index contributed by atoms with van der Waals surface area (Å²) in [6, 6.07) is 20.3. The zero-order valence-corrected chi connectivity index (χ0v) is 15.1. The topological polar surface area (TPSA) is 40.5 Å². The molecule has 1 saturated heterocycles. The zero-order chi connectivity index (χ0) is 17.9. The van der Waals surface area contributed by atoms with E-state index in [9.17, 15) is 9.90 Å². The van der Waals surface area contributed by atoms with E-state index in [0.29, 0.717) is 6.42 Å². The second-order valence-corrected chi connectivity index (χ2v) is 7.48. The van der Waals surface area contributed by atoms with Crippen molar-refractivity contribution in [1.82, 2.24) is 4.90 Å². The number of hydrogen-bond donors (Lipinski definition) is 1. The SMILES string of the molecule is CC(C)(O)C1CCCN1C(=O)CC(c1ccccc1)c1ccccc1. The Morgan fingerprint density at radius 3 is 2.08 bits per heavy atom. The van der Waals surface area contributed by atoms with Gasteiger partial charge in [-0.25, -0.2) is 0 Å². The molecule has 2 aromatic rings. The van der Waals surface area contributed by atoms with Crippen molar-refractivity contribution < 1.29 is 9.90 Å². The average molecular weight is 337 g/mol. The van der Waals surface area contributed by atoms with Crippen LogP contribution >= 0.6 is 0 Å². The van der Waals surface area contributed by atoms with E-state index in [2.05, 4.69) is 24.3 Å². The second-order valence-electron chi connectivity index (χ2n) is 7.48. The number of rotatable bonds is 5. The van der Waals surface area contributed by atoms with Gasteiger partial charge in [-0.2, -0.15) is 0 Å². The Kier molecular flexibility index (Phi) is 5.24. The molecule has 1 atom stereocenters. The van der Waals surface area contributed by atoms with Crippen molar-refractivity contribution in [1.29, 1.82) is 0 Å².